The standard InChI is InChI=1S/C10H12ClNO2/c1-7(13)12-6-8-3-4-9(11)5-10(8)14-2/h3-5H,6H2,1-2H3,(H,12,13). The maximum atomic E-state index is 10.7. The summed E-state index contributed by atoms with van der Waals surface area (Å²) < 4.78 is 5.12. The number of halogens is 1. The summed E-state index contributed by atoms with van der Waals surface area (Å²) in [5, 5.41) is 3.31. The second kappa shape index (κ2) is 4.86. The molecule has 1 amide bonds. The Balaban J connectivity index is 2.80. The van der Waals surface area contributed by atoms with Crippen LogP contribution in [0.4, 0.5) is 0 Å². The smallest absolute Gasteiger partial charge is 0.217 e. The van der Waals surface area contributed by atoms with Crippen molar-refractivity contribution >= 4 is 17.5 Å². The molecule has 1 aromatic rings. The summed E-state index contributed by atoms with van der Waals surface area (Å²) in [6, 6.07) is 5.32. The van der Waals surface area contributed by atoms with Gasteiger partial charge in [0.1, 0.15) is 5.75 Å². The van der Waals surface area contributed by atoms with Crippen LogP contribution >= 0.6 is 11.6 Å². The lowest BCUT2D eigenvalue weighted by molar-refractivity contribution is -0.119. The van der Waals surface area contributed by atoms with Crippen LogP contribution in [0.5, 0.6) is 5.75 Å². The number of nitrogens with one attached hydrogen (secondary N) is 1. The molecule has 0 aliphatic heterocycles. The zero-order valence-electron chi connectivity index (χ0n) is 8.13. The molecular formula is C10H12ClNO2. The van der Waals surface area contributed by atoms with E-state index in [1.54, 1.807) is 19.2 Å². The molecule has 0 radical (unpaired) electrons. The van der Waals surface area contributed by atoms with Gasteiger partial charge in [-0.3, -0.25) is 4.79 Å². The molecule has 0 spiro atoms. The zero-order valence-corrected chi connectivity index (χ0v) is 8.89. The van der Waals surface area contributed by atoms with Gasteiger partial charge in [-0.1, -0.05) is 17.7 Å². The van der Waals surface area contributed by atoms with Crippen molar-refractivity contribution in [2.24, 2.45) is 0 Å². The summed E-state index contributed by atoms with van der Waals surface area (Å²) in [7, 11) is 1.57. The lowest BCUT2D eigenvalue weighted by Gasteiger charge is -2.08. The van der Waals surface area contributed by atoms with Gasteiger partial charge in [-0.05, 0) is 12.1 Å². The third-order valence-corrected chi connectivity index (χ3v) is 2.01. The number of carbonyl (C=O) groups is 1. The highest BCUT2D eigenvalue weighted by Gasteiger charge is 2.03. The van der Waals surface area contributed by atoms with Gasteiger partial charge in [0, 0.05) is 24.1 Å². The zero-order chi connectivity index (χ0) is 10.6. The SMILES string of the molecule is COc1cc(Cl)ccc1CNC(C)=O. The summed E-state index contributed by atoms with van der Waals surface area (Å²) in [5.41, 5.74) is 0.909. The summed E-state index contributed by atoms with van der Waals surface area (Å²) in [6.07, 6.45) is 0. The van der Waals surface area contributed by atoms with Crippen LogP contribution in [0.15, 0.2) is 18.2 Å². The molecule has 76 valence electrons. The molecule has 1 aromatic carbocycles. The van der Waals surface area contributed by atoms with Gasteiger partial charge in [0.15, 0.2) is 0 Å². The second-order valence-corrected chi connectivity index (χ2v) is 3.30. The van der Waals surface area contributed by atoms with Crippen LogP contribution in [-0.4, -0.2) is 13.0 Å². The van der Waals surface area contributed by atoms with E-state index >= 15 is 0 Å². The van der Waals surface area contributed by atoms with E-state index in [0.717, 1.165) is 5.56 Å². The van der Waals surface area contributed by atoms with Crippen molar-refractivity contribution < 1.29 is 9.53 Å². The molecule has 0 unspecified atom stereocenters. The number of rotatable bonds is 3. The van der Waals surface area contributed by atoms with Gasteiger partial charge in [-0.2, -0.15) is 0 Å². The van der Waals surface area contributed by atoms with Crippen molar-refractivity contribution in [1.82, 2.24) is 5.32 Å². The highest BCUT2D eigenvalue weighted by Crippen LogP contribution is 2.22. The molecule has 14 heavy (non-hydrogen) atoms. The van der Waals surface area contributed by atoms with Gasteiger partial charge in [-0.25, -0.2) is 0 Å². The van der Waals surface area contributed by atoms with Gasteiger partial charge in [0.2, 0.25) is 5.91 Å². The third-order valence-electron chi connectivity index (χ3n) is 1.78. The van der Waals surface area contributed by atoms with E-state index in [0.29, 0.717) is 17.3 Å². The fourth-order valence-corrected chi connectivity index (χ4v) is 1.25. The summed E-state index contributed by atoms with van der Waals surface area (Å²) in [5.74, 6) is 0.619. The molecule has 0 saturated heterocycles. The molecule has 0 atom stereocenters. The normalized spacial score (nSPS) is 9.64. The predicted octanol–water partition coefficient (Wildman–Crippen LogP) is 1.98. The van der Waals surface area contributed by atoms with Gasteiger partial charge in [-0.15, -0.1) is 0 Å². The molecule has 0 fully saturated rings. The van der Waals surface area contributed by atoms with Crippen molar-refractivity contribution in [3.05, 3.63) is 28.8 Å². The highest BCUT2D eigenvalue weighted by molar-refractivity contribution is 6.30. The largest absolute Gasteiger partial charge is 0.496 e. The second-order valence-electron chi connectivity index (χ2n) is 2.87. The number of benzene rings is 1. The van der Waals surface area contributed by atoms with Crippen LogP contribution < -0.4 is 10.1 Å². The van der Waals surface area contributed by atoms with Crippen molar-refractivity contribution in [3.8, 4) is 5.75 Å². The fourth-order valence-electron chi connectivity index (χ4n) is 1.08. The summed E-state index contributed by atoms with van der Waals surface area (Å²) in [4.78, 5) is 10.7. The number of amides is 1. The Hall–Kier alpha value is -1.22. The first-order chi connectivity index (χ1) is 6.63. The Kier molecular flexibility index (Phi) is 3.77. The Morgan fingerprint density at radius 1 is 1.57 bits per heavy atom. The lowest BCUT2D eigenvalue weighted by Crippen LogP contribution is -2.19. The molecule has 0 aliphatic rings. The molecular weight excluding hydrogens is 202 g/mol. The fraction of sp³-hybridized carbons (Fsp3) is 0.300. The van der Waals surface area contributed by atoms with Crippen LogP contribution in [-0.2, 0) is 11.3 Å². The predicted molar refractivity (Wildman–Crippen MR) is 55.5 cm³/mol. The first-order valence-corrected chi connectivity index (χ1v) is 4.58. The molecule has 1 N–H and O–H groups in total. The number of methoxy groups -OCH3 is 1. The highest BCUT2D eigenvalue weighted by atomic mass is 35.5. The van der Waals surface area contributed by atoms with Crippen molar-refractivity contribution in [2.45, 2.75) is 13.5 Å². The molecule has 0 saturated carbocycles. The van der Waals surface area contributed by atoms with Crippen molar-refractivity contribution in [2.75, 3.05) is 7.11 Å². The molecule has 0 heterocycles. The number of carbonyl (C=O) groups excluding carboxylic acids is 1. The van der Waals surface area contributed by atoms with Crippen LogP contribution in [0.3, 0.4) is 0 Å². The van der Waals surface area contributed by atoms with Gasteiger partial charge in [0.05, 0.1) is 7.11 Å². The van der Waals surface area contributed by atoms with Gasteiger partial charge in [0.25, 0.3) is 0 Å². The molecule has 0 aliphatic carbocycles. The molecule has 0 bridgehead atoms. The summed E-state index contributed by atoms with van der Waals surface area (Å²) in [6.45, 7) is 1.93. The lowest BCUT2D eigenvalue weighted by atomic mass is 10.2. The van der Waals surface area contributed by atoms with E-state index in [9.17, 15) is 4.79 Å². The Morgan fingerprint density at radius 2 is 2.29 bits per heavy atom. The summed E-state index contributed by atoms with van der Waals surface area (Å²) >= 11 is 5.79. The average molecular weight is 214 g/mol. The van der Waals surface area contributed by atoms with Crippen molar-refractivity contribution in [3.63, 3.8) is 0 Å². The van der Waals surface area contributed by atoms with Gasteiger partial charge < -0.3 is 10.1 Å². The first-order valence-electron chi connectivity index (χ1n) is 4.20. The van der Waals surface area contributed by atoms with E-state index in [-0.39, 0.29) is 5.91 Å². The van der Waals surface area contributed by atoms with Gasteiger partial charge >= 0.3 is 0 Å². The van der Waals surface area contributed by atoms with Crippen molar-refractivity contribution in [1.29, 1.82) is 0 Å². The minimum atomic E-state index is -0.0676. The quantitative estimate of drug-likeness (QED) is 0.834. The minimum absolute atomic E-state index is 0.0676. The first kappa shape index (κ1) is 10.9. The van der Waals surface area contributed by atoms with Crippen LogP contribution in [0, 0.1) is 0 Å². The number of hydrogen-bond acceptors (Lipinski definition) is 2. The Morgan fingerprint density at radius 3 is 2.86 bits per heavy atom. The molecule has 0 aromatic heterocycles. The number of ether oxygens (including phenoxy) is 1. The maximum absolute atomic E-state index is 10.7. The Labute approximate surface area is 88.0 Å². The minimum Gasteiger partial charge on any atom is -0.496 e. The average Bonchev–Trinajstić information content (AvgIpc) is 2.15. The third kappa shape index (κ3) is 2.92. The molecule has 1 rings (SSSR count). The molecule has 3 nitrogen and oxygen atoms in total. The van der Waals surface area contributed by atoms with Crippen LogP contribution in [0.2, 0.25) is 5.02 Å². The van der Waals surface area contributed by atoms with Crippen LogP contribution in [0.1, 0.15) is 12.5 Å². The van der Waals surface area contributed by atoms with E-state index in [2.05, 4.69) is 5.32 Å². The van der Waals surface area contributed by atoms with E-state index < -0.39 is 0 Å². The van der Waals surface area contributed by atoms with E-state index in [1.807, 2.05) is 6.07 Å². The topological polar surface area (TPSA) is 38.3 Å². The Bertz CT molecular complexity index is 339. The maximum Gasteiger partial charge on any atom is 0.217 e. The van der Waals surface area contributed by atoms with E-state index in [1.165, 1.54) is 6.92 Å². The van der Waals surface area contributed by atoms with E-state index in [4.69, 9.17) is 16.3 Å². The number of hydrogen-bond donors (Lipinski definition) is 1. The molecule has 4 heteroatoms. The monoisotopic (exact) mass is 213 g/mol. The van der Waals surface area contributed by atoms with Crippen LogP contribution in [0.25, 0.3) is 0 Å².